The van der Waals surface area contributed by atoms with Crippen molar-refractivity contribution in [3.05, 3.63) is 23.7 Å². The van der Waals surface area contributed by atoms with Crippen LogP contribution in [0.3, 0.4) is 0 Å². The van der Waals surface area contributed by atoms with E-state index in [2.05, 4.69) is 16.3 Å². The van der Waals surface area contributed by atoms with E-state index in [0.717, 1.165) is 44.4 Å². The fraction of sp³-hybridized carbons (Fsp3) is 0.714. The molecule has 100 valence electrons. The topological polar surface area (TPSA) is 37.6 Å². The molecule has 0 amide bonds. The lowest BCUT2D eigenvalue weighted by Crippen LogP contribution is -2.23. The largest absolute Gasteiger partial charge is 0.468 e. The van der Waals surface area contributed by atoms with Crippen molar-refractivity contribution >= 4 is 0 Å². The van der Waals surface area contributed by atoms with Gasteiger partial charge in [0.25, 0.3) is 0 Å². The SMILES string of the molecule is COC1CCN(Cc2occc2CNC2CC2)C1. The van der Waals surface area contributed by atoms with E-state index < -0.39 is 0 Å². The molecule has 1 aromatic heterocycles. The molecule has 0 aromatic carbocycles. The number of ether oxygens (including phenoxy) is 1. The number of methoxy groups -OCH3 is 1. The lowest BCUT2D eigenvalue weighted by atomic mass is 10.2. The normalized spacial score (nSPS) is 24.8. The van der Waals surface area contributed by atoms with Crippen molar-refractivity contribution in [3.63, 3.8) is 0 Å². The second kappa shape index (κ2) is 5.43. The Bertz CT molecular complexity index is 387. The fourth-order valence-electron chi connectivity index (χ4n) is 2.54. The van der Waals surface area contributed by atoms with Crippen LogP contribution < -0.4 is 5.32 Å². The second-order valence-corrected chi connectivity index (χ2v) is 5.41. The van der Waals surface area contributed by atoms with Gasteiger partial charge in [-0.3, -0.25) is 4.90 Å². The van der Waals surface area contributed by atoms with Gasteiger partial charge in [-0.1, -0.05) is 0 Å². The zero-order valence-corrected chi connectivity index (χ0v) is 11.0. The Morgan fingerprint density at radius 3 is 3.06 bits per heavy atom. The zero-order valence-electron chi connectivity index (χ0n) is 11.0. The van der Waals surface area contributed by atoms with Crippen LogP contribution in [0.2, 0.25) is 0 Å². The van der Waals surface area contributed by atoms with Crippen LogP contribution >= 0.6 is 0 Å². The highest BCUT2D eigenvalue weighted by atomic mass is 16.5. The van der Waals surface area contributed by atoms with E-state index in [-0.39, 0.29) is 0 Å². The third-order valence-corrected chi connectivity index (χ3v) is 3.93. The lowest BCUT2D eigenvalue weighted by Gasteiger charge is -2.15. The van der Waals surface area contributed by atoms with E-state index in [4.69, 9.17) is 9.15 Å². The average molecular weight is 250 g/mol. The molecule has 2 aliphatic rings. The maximum Gasteiger partial charge on any atom is 0.122 e. The minimum atomic E-state index is 0.396. The molecule has 2 heterocycles. The summed E-state index contributed by atoms with van der Waals surface area (Å²) in [5.74, 6) is 1.11. The van der Waals surface area contributed by atoms with Gasteiger partial charge in [-0.15, -0.1) is 0 Å². The van der Waals surface area contributed by atoms with Gasteiger partial charge in [0.15, 0.2) is 0 Å². The van der Waals surface area contributed by atoms with E-state index >= 15 is 0 Å². The summed E-state index contributed by atoms with van der Waals surface area (Å²) in [7, 11) is 1.80. The van der Waals surface area contributed by atoms with Gasteiger partial charge in [0.05, 0.1) is 18.9 Å². The van der Waals surface area contributed by atoms with Crippen LogP contribution in [0.4, 0.5) is 0 Å². The van der Waals surface area contributed by atoms with Crippen LogP contribution in [0.5, 0.6) is 0 Å². The molecule has 1 saturated heterocycles. The molecule has 1 saturated carbocycles. The van der Waals surface area contributed by atoms with E-state index in [0.29, 0.717) is 6.10 Å². The van der Waals surface area contributed by atoms with Gasteiger partial charge < -0.3 is 14.5 Å². The molecule has 1 aromatic rings. The first-order chi connectivity index (χ1) is 8.85. The van der Waals surface area contributed by atoms with Gasteiger partial charge in [-0.2, -0.15) is 0 Å². The molecule has 1 aliphatic heterocycles. The Balaban J connectivity index is 1.53. The predicted molar refractivity (Wildman–Crippen MR) is 69.3 cm³/mol. The molecule has 1 N–H and O–H groups in total. The van der Waals surface area contributed by atoms with Crippen molar-refractivity contribution in [2.45, 2.75) is 44.5 Å². The fourth-order valence-corrected chi connectivity index (χ4v) is 2.54. The number of rotatable bonds is 6. The number of hydrogen-bond donors (Lipinski definition) is 1. The summed E-state index contributed by atoms with van der Waals surface area (Å²) >= 11 is 0. The Labute approximate surface area is 108 Å². The molecule has 0 radical (unpaired) electrons. The molecule has 18 heavy (non-hydrogen) atoms. The first-order valence-electron chi connectivity index (χ1n) is 6.89. The maximum atomic E-state index is 5.63. The van der Waals surface area contributed by atoms with Crippen molar-refractivity contribution in [3.8, 4) is 0 Å². The first kappa shape index (κ1) is 12.2. The quantitative estimate of drug-likeness (QED) is 0.834. The van der Waals surface area contributed by atoms with Crippen molar-refractivity contribution in [2.75, 3.05) is 20.2 Å². The molecular weight excluding hydrogens is 228 g/mol. The summed E-state index contributed by atoms with van der Waals surface area (Å²) in [5, 5.41) is 3.54. The smallest absolute Gasteiger partial charge is 0.122 e. The van der Waals surface area contributed by atoms with E-state index in [1.54, 1.807) is 7.11 Å². The van der Waals surface area contributed by atoms with Gasteiger partial charge in [0.1, 0.15) is 5.76 Å². The van der Waals surface area contributed by atoms with Crippen LogP contribution in [-0.4, -0.2) is 37.2 Å². The molecule has 1 unspecified atom stereocenters. The van der Waals surface area contributed by atoms with Crippen molar-refractivity contribution < 1.29 is 9.15 Å². The van der Waals surface area contributed by atoms with Crippen molar-refractivity contribution in [1.82, 2.24) is 10.2 Å². The molecule has 0 bridgehead atoms. The zero-order chi connectivity index (χ0) is 12.4. The Morgan fingerprint density at radius 2 is 2.33 bits per heavy atom. The molecule has 0 spiro atoms. The van der Waals surface area contributed by atoms with Crippen molar-refractivity contribution in [1.29, 1.82) is 0 Å². The van der Waals surface area contributed by atoms with E-state index in [1.165, 1.54) is 18.4 Å². The number of hydrogen-bond acceptors (Lipinski definition) is 4. The van der Waals surface area contributed by atoms with Crippen LogP contribution in [0.15, 0.2) is 16.7 Å². The van der Waals surface area contributed by atoms with Crippen LogP contribution in [0.1, 0.15) is 30.6 Å². The average Bonchev–Trinajstić information content (AvgIpc) is 2.93. The third-order valence-electron chi connectivity index (χ3n) is 3.93. The third kappa shape index (κ3) is 2.94. The van der Waals surface area contributed by atoms with Gasteiger partial charge in [0, 0.05) is 38.3 Å². The second-order valence-electron chi connectivity index (χ2n) is 5.41. The summed E-state index contributed by atoms with van der Waals surface area (Å²) < 4.78 is 11.0. The molecule has 1 aliphatic carbocycles. The summed E-state index contributed by atoms with van der Waals surface area (Å²) in [6.45, 7) is 3.98. The summed E-state index contributed by atoms with van der Waals surface area (Å²) in [6, 6.07) is 2.84. The van der Waals surface area contributed by atoms with Crippen LogP contribution in [-0.2, 0) is 17.8 Å². The maximum absolute atomic E-state index is 5.63. The van der Waals surface area contributed by atoms with E-state index in [9.17, 15) is 0 Å². The standard InChI is InChI=1S/C14H22N2O2/c1-17-13-4-6-16(9-13)10-14-11(5-7-18-14)8-15-12-2-3-12/h5,7,12-13,15H,2-4,6,8-10H2,1H3. The number of nitrogens with zero attached hydrogens (tertiary/aromatic N) is 1. The molecule has 1 atom stereocenters. The molecule has 3 rings (SSSR count). The summed E-state index contributed by atoms with van der Waals surface area (Å²) in [5.41, 5.74) is 1.31. The van der Waals surface area contributed by atoms with Gasteiger partial charge in [-0.25, -0.2) is 0 Å². The highest BCUT2D eigenvalue weighted by Gasteiger charge is 2.24. The Hall–Kier alpha value is -0.840. The number of nitrogens with one attached hydrogen (secondary N) is 1. The molecule has 4 heteroatoms. The van der Waals surface area contributed by atoms with Crippen molar-refractivity contribution in [2.24, 2.45) is 0 Å². The molecular formula is C14H22N2O2. The van der Waals surface area contributed by atoms with Gasteiger partial charge in [0.2, 0.25) is 0 Å². The Kier molecular flexibility index (Phi) is 3.68. The van der Waals surface area contributed by atoms with Gasteiger partial charge in [-0.05, 0) is 25.3 Å². The highest BCUT2D eigenvalue weighted by molar-refractivity contribution is 5.17. The molecule has 2 fully saturated rings. The first-order valence-corrected chi connectivity index (χ1v) is 6.89. The number of likely N-dealkylation sites (tertiary alicyclic amines) is 1. The minimum Gasteiger partial charge on any atom is -0.468 e. The van der Waals surface area contributed by atoms with Crippen LogP contribution in [0, 0.1) is 0 Å². The van der Waals surface area contributed by atoms with Crippen LogP contribution in [0.25, 0.3) is 0 Å². The summed E-state index contributed by atoms with van der Waals surface area (Å²) in [4.78, 5) is 2.41. The predicted octanol–water partition coefficient (Wildman–Crippen LogP) is 1.75. The lowest BCUT2D eigenvalue weighted by molar-refractivity contribution is 0.106. The minimum absolute atomic E-state index is 0.396. The van der Waals surface area contributed by atoms with E-state index in [1.807, 2.05) is 6.26 Å². The highest BCUT2D eigenvalue weighted by Crippen LogP contribution is 2.22. The monoisotopic (exact) mass is 250 g/mol. The summed E-state index contributed by atoms with van der Waals surface area (Å²) in [6.07, 6.45) is 5.99. The van der Waals surface area contributed by atoms with Gasteiger partial charge >= 0.3 is 0 Å². The Morgan fingerprint density at radius 1 is 1.44 bits per heavy atom. The number of furan rings is 1. The molecule has 4 nitrogen and oxygen atoms in total.